The van der Waals surface area contributed by atoms with Crippen LogP contribution < -0.4 is 0 Å². The molecule has 5 heteroatoms. The zero-order valence-corrected chi connectivity index (χ0v) is 9.42. The molecule has 14 heavy (non-hydrogen) atoms. The summed E-state index contributed by atoms with van der Waals surface area (Å²) in [5, 5.41) is 0. The summed E-state index contributed by atoms with van der Waals surface area (Å²) < 4.78 is 9.70. The minimum atomic E-state index is 0.0192. The van der Waals surface area contributed by atoms with Crippen LogP contribution in [-0.2, 0) is 4.79 Å². The first kappa shape index (κ1) is 10.2. The second-order valence-corrected chi connectivity index (χ2v) is 5.70. The van der Waals surface area contributed by atoms with E-state index in [1.807, 2.05) is 6.08 Å². The monoisotopic (exact) mass is 242 g/mol. The Hall–Kier alpha value is -0.360. The Balaban J connectivity index is 2.26. The molecule has 1 heterocycles. The standard InChI is InChI=1S/C9H6O2S3/c10-7-3-1-6(2-4-7)8-5-9(12-11)14-13-8/h1-5,11H. The van der Waals surface area contributed by atoms with Gasteiger partial charge in [0.05, 0.1) is 4.24 Å². The molecule has 0 aromatic carbocycles. The van der Waals surface area contributed by atoms with Gasteiger partial charge < -0.3 is 4.55 Å². The maximum absolute atomic E-state index is 10.9. The molecule has 1 N–H and O–H groups in total. The van der Waals surface area contributed by atoms with E-state index in [1.165, 1.54) is 10.8 Å². The molecule has 0 amide bonds. The lowest BCUT2D eigenvalue weighted by molar-refractivity contribution is -0.110. The van der Waals surface area contributed by atoms with Crippen molar-refractivity contribution in [2.45, 2.75) is 0 Å². The van der Waals surface area contributed by atoms with E-state index in [4.69, 9.17) is 4.55 Å². The summed E-state index contributed by atoms with van der Waals surface area (Å²) in [5.41, 5.74) is 1.02. The van der Waals surface area contributed by atoms with Crippen molar-refractivity contribution >= 4 is 39.4 Å². The molecule has 0 fully saturated rings. The summed E-state index contributed by atoms with van der Waals surface area (Å²) in [6.07, 6.45) is 8.61. The van der Waals surface area contributed by atoms with Crippen molar-refractivity contribution < 1.29 is 9.35 Å². The molecule has 0 saturated carbocycles. The molecular formula is C9H6O2S3. The molecule has 0 aromatic heterocycles. The Morgan fingerprint density at radius 2 is 1.86 bits per heavy atom. The number of allylic oxidation sites excluding steroid dienone is 6. The first-order valence-corrected chi connectivity index (χ1v) is 6.74. The predicted molar refractivity (Wildman–Crippen MR) is 63.8 cm³/mol. The minimum Gasteiger partial charge on any atom is -0.325 e. The molecular weight excluding hydrogens is 236 g/mol. The van der Waals surface area contributed by atoms with Crippen LogP contribution in [0.1, 0.15) is 0 Å². The van der Waals surface area contributed by atoms with E-state index in [1.54, 1.807) is 35.1 Å². The van der Waals surface area contributed by atoms with Crippen molar-refractivity contribution in [3.8, 4) is 0 Å². The number of ketones is 1. The van der Waals surface area contributed by atoms with E-state index in [0.717, 1.165) is 26.8 Å². The topological polar surface area (TPSA) is 37.3 Å². The van der Waals surface area contributed by atoms with E-state index < -0.39 is 0 Å². The van der Waals surface area contributed by atoms with Gasteiger partial charge in [-0.05, 0) is 46.7 Å². The smallest absolute Gasteiger partial charge is 0.178 e. The van der Waals surface area contributed by atoms with Gasteiger partial charge in [-0.25, -0.2) is 0 Å². The first-order chi connectivity index (χ1) is 6.79. The largest absolute Gasteiger partial charge is 0.325 e. The Labute approximate surface area is 93.8 Å². The lowest BCUT2D eigenvalue weighted by Crippen LogP contribution is -1.92. The Kier molecular flexibility index (Phi) is 3.22. The van der Waals surface area contributed by atoms with Crippen LogP contribution in [0, 0.1) is 0 Å². The molecule has 1 aliphatic carbocycles. The maximum atomic E-state index is 10.9. The molecule has 72 valence electrons. The Bertz CT molecular complexity index is 373. The fraction of sp³-hybridized carbons (Fsp3) is 0. The molecule has 0 spiro atoms. The highest BCUT2D eigenvalue weighted by Crippen LogP contribution is 2.50. The van der Waals surface area contributed by atoms with Gasteiger partial charge in [0.25, 0.3) is 0 Å². The Morgan fingerprint density at radius 3 is 2.43 bits per heavy atom. The van der Waals surface area contributed by atoms with Crippen LogP contribution in [0.5, 0.6) is 0 Å². The number of carbonyl (C=O) groups excluding carboxylic acids is 1. The molecule has 0 saturated heterocycles. The van der Waals surface area contributed by atoms with Crippen LogP contribution in [0.4, 0.5) is 0 Å². The lowest BCUT2D eigenvalue weighted by atomic mass is 10.1. The zero-order valence-electron chi connectivity index (χ0n) is 6.97. The van der Waals surface area contributed by atoms with Crippen molar-refractivity contribution in [1.82, 2.24) is 0 Å². The average molecular weight is 242 g/mol. The highest BCUT2D eigenvalue weighted by Gasteiger charge is 2.14. The van der Waals surface area contributed by atoms with Crippen LogP contribution in [0.15, 0.2) is 45.1 Å². The third kappa shape index (κ3) is 2.17. The quantitative estimate of drug-likeness (QED) is 0.563. The second kappa shape index (κ2) is 4.44. The average Bonchev–Trinajstić information content (AvgIpc) is 2.67. The minimum absolute atomic E-state index is 0.0192. The van der Waals surface area contributed by atoms with Crippen LogP contribution in [0.25, 0.3) is 0 Å². The number of rotatable bonds is 1. The predicted octanol–water partition coefficient (Wildman–Crippen LogP) is 3.38. The van der Waals surface area contributed by atoms with Crippen molar-refractivity contribution in [3.63, 3.8) is 0 Å². The summed E-state index contributed by atoms with van der Waals surface area (Å²) in [6.45, 7) is 0. The maximum Gasteiger partial charge on any atom is 0.178 e. The number of hydrogen-bond acceptors (Lipinski definition) is 5. The van der Waals surface area contributed by atoms with Gasteiger partial charge in [-0.1, -0.05) is 10.8 Å². The Morgan fingerprint density at radius 1 is 1.14 bits per heavy atom. The van der Waals surface area contributed by atoms with Gasteiger partial charge >= 0.3 is 0 Å². The van der Waals surface area contributed by atoms with E-state index in [-0.39, 0.29) is 5.78 Å². The summed E-state index contributed by atoms with van der Waals surface area (Å²) in [5.74, 6) is 0.0192. The van der Waals surface area contributed by atoms with Crippen molar-refractivity contribution in [3.05, 3.63) is 45.1 Å². The van der Waals surface area contributed by atoms with Crippen molar-refractivity contribution in [2.75, 3.05) is 0 Å². The normalized spacial score (nSPS) is 20.6. The molecule has 0 aromatic rings. The van der Waals surface area contributed by atoms with Gasteiger partial charge in [0.1, 0.15) is 0 Å². The van der Waals surface area contributed by atoms with Crippen molar-refractivity contribution in [1.29, 1.82) is 0 Å². The van der Waals surface area contributed by atoms with Gasteiger partial charge in [-0.3, -0.25) is 4.79 Å². The summed E-state index contributed by atoms with van der Waals surface area (Å²) >= 11 is 0.755. The third-order valence-electron chi connectivity index (χ3n) is 1.69. The molecule has 0 unspecified atom stereocenters. The van der Waals surface area contributed by atoms with Gasteiger partial charge in [-0.15, -0.1) is 0 Å². The van der Waals surface area contributed by atoms with Gasteiger partial charge in [0.15, 0.2) is 5.78 Å². The first-order valence-electron chi connectivity index (χ1n) is 3.81. The van der Waals surface area contributed by atoms with Gasteiger partial charge in [-0.2, -0.15) is 0 Å². The van der Waals surface area contributed by atoms with Crippen LogP contribution >= 0.6 is 33.6 Å². The van der Waals surface area contributed by atoms with E-state index >= 15 is 0 Å². The highest BCUT2D eigenvalue weighted by molar-refractivity contribution is 8.81. The summed E-state index contributed by atoms with van der Waals surface area (Å²) in [6, 6.07) is 0. The van der Waals surface area contributed by atoms with Crippen molar-refractivity contribution in [2.24, 2.45) is 0 Å². The molecule has 2 nitrogen and oxygen atoms in total. The molecule has 0 radical (unpaired) electrons. The third-order valence-corrected chi connectivity index (χ3v) is 5.01. The highest BCUT2D eigenvalue weighted by atomic mass is 33.1. The molecule has 2 aliphatic rings. The SMILES string of the molecule is O=C1C=CC(=C2C=C(SO)SS2)C=C1. The lowest BCUT2D eigenvalue weighted by Gasteiger charge is -2.01. The molecule has 1 aliphatic heterocycles. The van der Waals surface area contributed by atoms with E-state index in [9.17, 15) is 4.79 Å². The fourth-order valence-electron chi connectivity index (χ4n) is 1.03. The molecule has 0 atom stereocenters. The zero-order chi connectivity index (χ0) is 9.97. The molecule has 2 rings (SSSR count). The van der Waals surface area contributed by atoms with E-state index in [0.29, 0.717) is 0 Å². The van der Waals surface area contributed by atoms with Crippen LogP contribution in [-0.4, -0.2) is 10.3 Å². The van der Waals surface area contributed by atoms with Gasteiger partial charge in [0, 0.05) is 16.9 Å². The van der Waals surface area contributed by atoms with Crippen LogP contribution in [0.3, 0.4) is 0 Å². The summed E-state index contributed by atoms with van der Waals surface area (Å²) in [7, 11) is 3.12. The number of hydrogen-bond donors (Lipinski definition) is 1. The number of carbonyl (C=O) groups is 1. The van der Waals surface area contributed by atoms with Gasteiger partial charge in [0.2, 0.25) is 0 Å². The van der Waals surface area contributed by atoms with Crippen LogP contribution in [0.2, 0.25) is 0 Å². The summed E-state index contributed by atoms with van der Waals surface area (Å²) in [4.78, 5) is 12.0. The van der Waals surface area contributed by atoms with E-state index in [2.05, 4.69) is 0 Å². The second-order valence-electron chi connectivity index (χ2n) is 2.61. The fourth-order valence-corrected chi connectivity index (χ4v) is 3.88. The molecule has 0 bridgehead atoms.